The summed E-state index contributed by atoms with van der Waals surface area (Å²) in [7, 11) is 0. The van der Waals surface area contributed by atoms with Gasteiger partial charge in [0.05, 0.1) is 0 Å². The zero-order valence-electron chi connectivity index (χ0n) is 10.2. The van der Waals surface area contributed by atoms with Gasteiger partial charge in [-0.15, -0.1) is 0 Å². The third-order valence-electron chi connectivity index (χ3n) is 3.07. The van der Waals surface area contributed by atoms with Crippen molar-refractivity contribution in [2.45, 2.75) is 13.3 Å². The number of amidine groups is 1. The number of nitrogens with two attached hydrogens (primary N) is 1. The number of rotatable bonds is 2. The van der Waals surface area contributed by atoms with Crippen molar-refractivity contribution in [3.05, 3.63) is 29.3 Å². The number of nitrogen functional groups attached to an aromatic ring is 1. The monoisotopic (exact) mass is 249 g/mol. The first kappa shape index (κ1) is 12.3. The van der Waals surface area contributed by atoms with Gasteiger partial charge in [0, 0.05) is 30.1 Å². The summed E-state index contributed by atoms with van der Waals surface area (Å²) in [5.41, 5.74) is 8.82. The number of hydrogen-bond acceptors (Lipinski definition) is 3. The summed E-state index contributed by atoms with van der Waals surface area (Å²) >= 11 is 2.03. The zero-order valence-corrected chi connectivity index (χ0v) is 11.0. The van der Waals surface area contributed by atoms with Gasteiger partial charge in [0.2, 0.25) is 0 Å². The fraction of sp³-hybridized carbons (Fsp3) is 0.462. The van der Waals surface area contributed by atoms with E-state index in [0.29, 0.717) is 0 Å². The molecule has 1 aromatic carbocycles. The molecule has 1 fully saturated rings. The molecule has 0 bridgehead atoms. The average molecular weight is 249 g/mol. The Morgan fingerprint density at radius 3 is 2.88 bits per heavy atom. The summed E-state index contributed by atoms with van der Waals surface area (Å²) in [6.07, 6.45) is 1.25. The molecular weight excluding hydrogens is 230 g/mol. The van der Waals surface area contributed by atoms with Crippen molar-refractivity contribution >= 4 is 23.3 Å². The van der Waals surface area contributed by atoms with Crippen LogP contribution in [0.25, 0.3) is 0 Å². The second-order valence-electron chi connectivity index (χ2n) is 4.37. The minimum Gasteiger partial charge on any atom is -0.384 e. The molecular formula is C13H19N3S. The fourth-order valence-corrected chi connectivity index (χ4v) is 3.05. The number of nitrogens with zero attached hydrogens (tertiary/aromatic N) is 1. The molecule has 1 aliphatic heterocycles. The highest BCUT2D eigenvalue weighted by Gasteiger charge is 2.12. The van der Waals surface area contributed by atoms with E-state index >= 15 is 0 Å². The lowest BCUT2D eigenvalue weighted by Gasteiger charge is -2.24. The minimum absolute atomic E-state index is 0.145. The van der Waals surface area contributed by atoms with E-state index in [1.54, 1.807) is 0 Å². The third-order valence-corrected chi connectivity index (χ3v) is 4.12. The highest BCUT2D eigenvalue weighted by Crippen LogP contribution is 2.23. The summed E-state index contributed by atoms with van der Waals surface area (Å²) in [6, 6.07) is 6.06. The average Bonchev–Trinajstić information content (AvgIpc) is 2.57. The van der Waals surface area contributed by atoms with Gasteiger partial charge < -0.3 is 10.6 Å². The maximum Gasteiger partial charge on any atom is 0.122 e. The van der Waals surface area contributed by atoms with Crippen molar-refractivity contribution in [1.82, 2.24) is 0 Å². The maximum atomic E-state index is 7.44. The number of aryl methyl sites for hydroxylation is 1. The maximum absolute atomic E-state index is 7.44. The van der Waals surface area contributed by atoms with Crippen molar-refractivity contribution in [3.8, 4) is 0 Å². The molecule has 2 rings (SSSR count). The van der Waals surface area contributed by atoms with Gasteiger partial charge in [0.1, 0.15) is 5.84 Å². The van der Waals surface area contributed by atoms with Crippen molar-refractivity contribution < 1.29 is 0 Å². The Kier molecular flexibility index (Phi) is 3.94. The first-order valence-electron chi connectivity index (χ1n) is 5.96. The summed E-state index contributed by atoms with van der Waals surface area (Å²) in [4.78, 5) is 2.44. The number of hydrogen-bond donors (Lipinski definition) is 2. The molecule has 0 amide bonds. The van der Waals surface area contributed by atoms with Crippen LogP contribution in [0.5, 0.6) is 0 Å². The molecule has 0 unspecified atom stereocenters. The van der Waals surface area contributed by atoms with E-state index < -0.39 is 0 Å². The van der Waals surface area contributed by atoms with Crippen LogP contribution in [-0.4, -0.2) is 30.4 Å². The summed E-state index contributed by atoms with van der Waals surface area (Å²) in [5, 5.41) is 7.44. The molecule has 17 heavy (non-hydrogen) atoms. The van der Waals surface area contributed by atoms with Gasteiger partial charge in [-0.25, -0.2) is 0 Å². The van der Waals surface area contributed by atoms with Crippen LogP contribution in [0.4, 0.5) is 5.69 Å². The lowest BCUT2D eigenvalue weighted by atomic mass is 10.1. The lowest BCUT2D eigenvalue weighted by Crippen LogP contribution is -2.26. The molecule has 0 aromatic heterocycles. The SMILES string of the molecule is Cc1cc(C(=N)N)ccc1N1CCCSCC1. The van der Waals surface area contributed by atoms with Crippen LogP contribution in [0.3, 0.4) is 0 Å². The highest BCUT2D eigenvalue weighted by atomic mass is 32.2. The largest absolute Gasteiger partial charge is 0.384 e. The third kappa shape index (κ3) is 2.94. The summed E-state index contributed by atoms with van der Waals surface area (Å²) < 4.78 is 0. The van der Waals surface area contributed by atoms with Gasteiger partial charge >= 0.3 is 0 Å². The van der Waals surface area contributed by atoms with Gasteiger partial charge in [-0.05, 0) is 42.9 Å². The fourth-order valence-electron chi connectivity index (χ4n) is 2.16. The second-order valence-corrected chi connectivity index (χ2v) is 5.59. The quantitative estimate of drug-likeness (QED) is 0.624. The van der Waals surface area contributed by atoms with Crippen molar-refractivity contribution in [3.63, 3.8) is 0 Å². The number of nitrogens with one attached hydrogen (secondary N) is 1. The Morgan fingerprint density at radius 2 is 2.18 bits per heavy atom. The Labute approximate surface area is 107 Å². The Morgan fingerprint density at radius 1 is 1.35 bits per heavy atom. The lowest BCUT2D eigenvalue weighted by molar-refractivity contribution is 0.813. The molecule has 0 atom stereocenters. The van der Waals surface area contributed by atoms with Crippen LogP contribution in [0.15, 0.2) is 18.2 Å². The van der Waals surface area contributed by atoms with Crippen LogP contribution < -0.4 is 10.6 Å². The minimum atomic E-state index is 0.145. The molecule has 1 heterocycles. The van der Waals surface area contributed by atoms with Crippen LogP contribution >= 0.6 is 11.8 Å². The topological polar surface area (TPSA) is 53.1 Å². The van der Waals surface area contributed by atoms with Gasteiger partial charge in [-0.2, -0.15) is 11.8 Å². The van der Waals surface area contributed by atoms with E-state index in [0.717, 1.165) is 18.7 Å². The van der Waals surface area contributed by atoms with E-state index in [1.807, 2.05) is 23.9 Å². The second kappa shape index (κ2) is 5.45. The molecule has 3 nitrogen and oxygen atoms in total. The molecule has 92 valence electrons. The van der Waals surface area contributed by atoms with E-state index in [-0.39, 0.29) is 5.84 Å². The molecule has 4 heteroatoms. The van der Waals surface area contributed by atoms with Crippen molar-refractivity contribution in [2.24, 2.45) is 5.73 Å². The van der Waals surface area contributed by atoms with E-state index in [1.165, 1.54) is 29.2 Å². The van der Waals surface area contributed by atoms with Crippen LogP contribution in [-0.2, 0) is 0 Å². The Bertz CT molecular complexity index is 409. The van der Waals surface area contributed by atoms with Crippen molar-refractivity contribution in [2.75, 3.05) is 29.5 Å². The van der Waals surface area contributed by atoms with E-state index in [9.17, 15) is 0 Å². The van der Waals surface area contributed by atoms with Gasteiger partial charge in [0.15, 0.2) is 0 Å². The molecule has 1 aromatic rings. The van der Waals surface area contributed by atoms with Gasteiger partial charge in [-0.3, -0.25) is 5.41 Å². The highest BCUT2D eigenvalue weighted by molar-refractivity contribution is 7.99. The normalized spacial score (nSPS) is 16.6. The number of benzene rings is 1. The van der Waals surface area contributed by atoms with Gasteiger partial charge in [-0.1, -0.05) is 0 Å². The number of anilines is 1. The smallest absolute Gasteiger partial charge is 0.122 e. The first-order chi connectivity index (χ1) is 8.18. The van der Waals surface area contributed by atoms with E-state index in [4.69, 9.17) is 11.1 Å². The predicted molar refractivity (Wildman–Crippen MR) is 76.4 cm³/mol. The van der Waals surface area contributed by atoms with Crippen LogP contribution in [0.2, 0.25) is 0 Å². The summed E-state index contributed by atoms with van der Waals surface area (Å²) in [6.45, 7) is 4.35. The van der Waals surface area contributed by atoms with Crippen LogP contribution in [0, 0.1) is 12.3 Å². The predicted octanol–water partition coefficient (Wildman–Crippen LogP) is 2.22. The molecule has 1 aliphatic rings. The molecule has 1 saturated heterocycles. The standard InChI is InChI=1S/C13H19N3S/c1-10-9-11(13(14)15)3-4-12(10)16-5-2-7-17-8-6-16/h3-4,9H,2,5-8H2,1H3,(H3,14,15). The Balaban J connectivity index is 2.22. The van der Waals surface area contributed by atoms with Crippen molar-refractivity contribution in [1.29, 1.82) is 5.41 Å². The first-order valence-corrected chi connectivity index (χ1v) is 7.11. The zero-order chi connectivity index (χ0) is 12.3. The Hall–Kier alpha value is -1.16. The molecule has 0 saturated carbocycles. The molecule has 0 spiro atoms. The van der Waals surface area contributed by atoms with Gasteiger partial charge in [0.25, 0.3) is 0 Å². The van der Waals surface area contributed by atoms with Crippen LogP contribution in [0.1, 0.15) is 17.5 Å². The molecule has 0 aliphatic carbocycles. The van der Waals surface area contributed by atoms with E-state index in [2.05, 4.69) is 17.9 Å². The summed E-state index contributed by atoms with van der Waals surface area (Å²) in [5.74, 6) is 2.61. The number of thioether (sulfide) groups is 1. The molecule has 0 radical (unpaired) electrons. The molecule has 3 N–H and O–H groups in total.